The summed E-state index contributed by atoms with van der Waals surface area (Å²) < 4.78 is 0. The van der Waals surface area contributed by atoms with Gasteiger partial charge in [0.2, 0.25) is 0 Å². The van der Waals surface area contributed by atoms with E-state index in [-0.39, 0.29) is 0 Å². The molecule has 0 aliphatic rings. The van der Waals surface area contributed by atoms with Crippen molar-refractivity contribution in [1.82, 2.24) is 0 Å². The molecule has 0 saturated heterocycles. The van der Waals surface area contributed by atoms with Crippen molar-refractivity contribution < 1.29 is 40.2 Å². The van der Waals surface area contributed by atoms with E-state index in [4.69, 9.17) is 30.6 Å². The Morgan fingerprint density at radius 2 is 1.06 bits per heavy atom. The topological polar surface area (TPSA) is 156 Å². The number of carboxylic acid groups (broad SMARTS) is 2. The van der Waals surface area contributed by atoms with E-state index in [1.165, 1.54) is 0 Å². The molecule has 0 aliphatic carbocycles. The number of carboxylic acids is 2. The van der Waals surface area contributed by atoms with Gasteiger partial charge in [0.15, 0.2) is 12.6 Å². The molecule has 0 saturated carbocycles. The zero-order chi connectivity index (χ0) is 14.0. The van der Waals surface area contributed by atoms with E-state index in [2.05, 4.69) is 0 Å². The third kappa shape index (κ3) is 2.63. The van der Waals surface area contributed by atoms with Gasteiger partial charge in [-0.3, -0.25) is 0 Å². The number of aliphatic hydroxyl groups excluding tert-OH is 2. The Balaban J connectivity index is 3.60. The van der Waals surface area contributed by atoms with Gasteiger partial charge >= 0.3 is 11.9 Å². The highest BCUT2D eigenvalue weighted by atomic mass is 16.5. The molecule has 0 fully saturated rings. The van der Waals surface area contributed by atoms with Gasteiger partial charge < -0.3 is 30.6 Å². The SMILES string of the molecule is O=C(O)c1cc(C(O)O)c(C(=O)O)cc1C(O)O. The first-order valence-corrected chi connectivity index (χ1v) is 4.62. The van der Waals surface area contributed by atoms with Gasteiger partial charge in [0.05, 0.1) is 11.1 Å². The minimum absolute atomic E-state index is 0.552. The van der Waals surface area contributed by atoms with E-state index in [1.54, 1.807) is 0 Å². The van der Waals surface area contributed by atoms with E-state index in [9.17, 15) is 9.59 Å². The molecule has 8 heteroatoms. The summed E-state index contributed by atoms with van der Waals surface area (Å²) in [6, 6.07) is 1.34. The second kappa shape index (κ2) is 5.10. The highest BCUT2D eigenvalue weighted by Crippen LogP contribution is 2.25. The van der Waals surface area contributed by atoms with Crippen LogP contribution in [-0.2, 0) is 0 Å². The average molecular weight is 258 g/mol. The summed E-state index contributed by atoms with van der Waals surface area (Å²) in [6.07, 6.45) is -4.39. The molecule has 18 heavy (non-hydrogen) atoms. The van der Waals surface area contributed by atoms with Crippen LogP contribution in [0.3, 0.4) is 0 Å². The van der Waals surface area contributed by atoms with Crippen molar-refractivity contribution in [2.24, 2.45) is 0 Å². The molecule has 8 nitrogen and oxygen atoms in total. The van der Waals surface area contributed by atoms with Crippen LogP contribution in [0.2, 0.25) is 0 Å². The number of rotatable bonds is 4. The quantitative estimate of drug-likeness (QED) is 0.377. The molecular formula is C10H10O8. The van der Waals surface area contributed by atoms with E-state index >= 15 is 0 Å². The first kappa shape index (κ1) is 14.1. The van der Waals surface area contributed by atoms with Crippen molar-refractivity contribution in [3.8, 4) is 0 Å². The molecule has 0 atom stereocenters. The minimum Gasteiger partial charge on any atom is -0.478 e. The zero-order valence-corrected chi connectivity index (χ0v) is 8.81. The summed E-state index contributed by atoms with van der Waals surface area (Å²) in [6.45, 7) is 0. The Labute approximate surface area is 100.0 Å². The van der Waals surface area contributed by atoms with Crippen LogP contribution in [0.4, 0.5) is 0 Å². The number of aliphatic hydroxyl groups is 4. The fraction of sp³-hybridized carbons (Fsp3) is 0.200. The smallest absolute Gasteiger partial charge is 0.336 e. The predicted octanol–water partition coefficient (Wildman–Crippen LogP) is -0.951. The molecule has 0 spiro atoms. The molecule has 6 N–H and O–H groups in total. The molecule has 0 aromatic heterocycles. The molecular weight excluding hydrogens is 248 g/mol. The summed E-state index contributed by atoms with van der Waals surface area (Å²) in [5.41, 5.74) is -2.36. The third-order valence-electron chi connectivity index (χ3n) is 2.24. The predicted molar refractivity (Wildman–Crippen MR) is 54.7 cm³/mol. The normalized spacial score (nSPS) is 11.0. The Morgan fingerprint density at radius 1 is 0.778 bits per heavy atom. The third-order valence-corrected chi connectivity index (χ3v) is 2.24. The van der Waals surface area contributed by atoms with Gasteiger partial charge in [-0.2, -0.15) is 0 Å². The monoisotopic (exact) mass is 258 g/mol. The van der Waals surface area contributed by atoms with Crippen molar-refractivity contribution in [2.45, 2.75) is 12.6 Å². The van der Waals surface area contributed by atoms with Gasteiger partial charge in [-0.25, -0.2) is 9.59 Å². The molecule has 1 aromatic rings. The van der Waals surface area contributed by atoms with E-state index in [1.807, 2.05) is 0 Å². The van der Waals surface area contributed by atoms with Crippen LogP contribution in [0.25, 0.3) is 0 Å². The van der Waals surface area contributed by atoms with Crippen LogP contribution in [-0.4, -0.2) is 42.6 Å². The molecule has 1 aromatic carbocycles. The van der Waals surface area contributed by atoms with Gasteiger partial charge in [0.25, 0.3) is 0 Å². The van der Waals surface area contributed by atoms with E-state index in [0.717, 1.165) is 0 Å². The van der Waals surface area contributed by atoms with Gasteiger partial charge in [0, 0.05) is 11.1 Å². The summed E-state index contributed by atoms with van der Waals surface area (Å²) in [4.78, 5) is 21.7. The highest BCUT2D eigenvalue weighted by molar-refractivity contribution is 5.94. The summed E-state index contributed by atoms with van der Waals surface area (Å²) in [5.74, 6) is -3.12. The number of benzene rings is 1. The maximum absolute atomic E-state index is 10.8. The fourth-order valence-corrected chi connectivity index (χ4v) is 1.43. The lowest BCUT2D eigenvalue weighted by Crippen LogP contribution is -2.14. The van der Waals surface area contributed by atoms with Gasteiger partial charge in [-0.05, 0) is 12.1 Å². The number of hydrogen-bond acceptors (Lipinski definition) is 6. The lowest BCUT2D eigenvalue weighted by molar-refractivity contribution is -0.0468. The summed E-state index contributed by atoms with van der Waals surface area (Å²) in [5, 5.41) is 53.5. The Morgan fingerprint density at radius 3 is 1.22 bits per heavy atom. The first-order chi connectivity index (χ1) is 8.25. The molecule has 0 radical (unpaired) electrons. The largest absolute Gasteiger partial charge is 0.478 e. The van der Waals surface area contributed by atoms with Crippen LogP contribution in [0.1, 0.15) is 44.4 Å². The number of aromatic carboxylic acids is 2. The van der Waals surface area contributed by atoms with Crippen LogP contribution in [0.15, 0.2) is 12.1 Å². The van der Waals surface area contributed by atoms with Gasteiger partial charge in [-0.15, -0.1) is 0 Å². The fourth-order valence-electron chi connectivity index (χ4n) is 1.43. The van der Waals surface area contributed by atoms with Crippen molar-refractivity contribution in [2.75, 3.05) is 0 Å². The summed E-state index contributed by atoms with van der Waals surface area (Å²) in [7, 11) is 0. The van der Waals surface area contributed by atoms with Gasteiger partial charge in [-0.1, -0.05) is 0 Å². The van der Waals surface area contributed by atoms with Crippen molar-refractivity contribution in [3.63, 3.8) is 0 Å². The first-order valence-electron chi connectivity index (χ1n) is 4.62. The standard InChI is InChI=1S/C10H10O8/c11-7(12)3-1-4(8(13)14)6(10(17)18)2-5(3)9(15)16/h1-2,7,10-12,17-18H,(H,13,14)(H,15,16). The molecule has 0 unspecified atom stereocenters. The second-order valence-electron chi connectivity index (χ2n) is 3.38. The maximum Gasteiger partial charge on any atom is 0.336 e. The van der Waals surface area contributed by atoms with E-state index in [0.29, 0.717) is 12.1 Å². The zero-order valence-electron chi connectivity index (χ0n) is 8.81. The van der Waals surface area contributed by atoms with Crippen molar-refractivity contribution in [3.05, 3.63) is 34.4 Å². The van der Waals surface area contributed by atoms with E-state index < -0.39 is 46.8 Å². The van der Waals surface area contributed by atoms with Crippen LogP contribution in [0.5, 0.6) is 0 Å². The highest BCUT2D eigenvalue weighted by Gasteiger charge is 2.24. The molecule has 0 amide bonds. The Hall–Kier alpha value is -2.00. The molecule has 1 rings (SSSR count). The molecule has 98 valence electrons. The lowest BCUT2D eigenvalue weighted by atomic mass is 9.97. The number of carbonyl (C=O) groups is 2. The van der Waals surface area contributed by atoms with Crippen LogP contribution < -0.4 is 0 Å². The van der Waals surface area contributed by atoms with Gasteiger partial charge in [0.1, 0.15) is 0 Å². The molecule has 0 bridgehead atoms. The maximum atomic E-state index is 10.8. The average Bonchev–Trinajstić information content (AvgIpc) is 2.26. The number of hydrogen-bond donors (Lipinski definition) is 6. The van der Waals surface area contributed by atoms with Crippen LogP contribution >= 0.6 is 0 Å². The lowest BCUT2D eigenvalue weighted by Gasteiger charge is -2.14. The second-order valence-corrected chi connectivity index (χ2v) is 3.38. The Bertz CT molecular complexity index is 445. The summed E-state index contributed by atoms with van der Waals surface area (Å²) >= 11 is 0. The Kier molecular flexibility index (Phi) is 3.99. The van der Waals surface area contributed by atoms with Crippen molar-refractivity contribution in [1.29, 1.82) is 0 Å². The van der Waals surface area contributed by atoms with Crippen molar-refractivity contribution >= 4 is 11.9 Å². The molecule has 0 heterocycles. The van der Waals surface area contributed by atoms with Crippen LogP contribution in [0, 0.1) is 0 Å². The minimum atomic E-state index is -2.20. The molecule has 0 aliphatic heterocycles.